The molecular formula is C26H25N3O4S. The van der Waals surface area contributed by atoms with E-state index in [4.69, 9.17) is 4.74 Å². The van der Waals surface area contributed by atoms with Crippen LogP contribution in [0.15, 0.2) is 96.0 Å². The van der Waals surface area contributed by atoms with Crippen LogP contribution in [-0.2, 0) is 21.2 Å². The van der Waals surface area contributed by atoms with E-state index in [2.05, 4.69) is 15.0 Å². The molecule has 3 aromatic carbocycles. The number of nitrogens with one attached hydrogen (secondary N) is 2. The van der Waals surface area contributed by atoms with Crippen LogP contribution in [0.1, 0.15) is 12.5 Å². The number of amides is 1. The number of carbonyl (C=O) groups is 1. The number of pyridine rings is 1. The Hall–Kier alpha value is -3.75. The number of benzene rings is 3. The van der Waals surface area contributed by atoms with Crippen LogP contribution >= 0.6 is 0 Å². The summed E-state index contributed by atoms with van der Waals surface area (Å²) in [7, 11) is -4.07. The predicted octanol–water partition coefficient (Wildman–Crippen LogP) is 4.16. The van der Waals surface area contributed by atoms with Gasteiger partial charge in [-0.3, -0.25) is 9.78 Å². The number of sulfonamides is 1. The Morgan fingerprint density at radius 2 is 1.68 bits per heavy atom. The summed E-state index contributed by atoms with van der Waals surface area (Å²) in [5.74, 6) is 0.0192. The molecule has 0 spiro atoms. The number of hydrogen-bond acceptors (Lipinski definition) is 5. The van der Waals surface area contributed by atoms with E-state index in [1.54, 1.807) is 54.7 Å². The van der Waals surface area contributed by atoms with E-state index < -0.39 is 22.0 Å². The molecule has 4 rings (SSSR count). The summed E-state index contributed by atoms with van der Waals surface area (Å²) in [6.07, 6.45) is 1.71. The molecule has 0 fully saturated rings. The number of carbonyl (C=O) groups excluding carboxylic acids is 1. The predicted molar refractivity (Wildman–Crippen MR) is 132 cm³/mol. The maximum atomic E-state index is 13.4. The van der Waals surface area contributed by atoms with Gasteiger partial charge in [0.05, 0.1) is 17.8 Å². The smallest absolute Gasteiger partial charge is 0.243 e. The number of ether oxygens (including phenoxy) is 1. The summed E-state index contributed by atoms with van der Waals surface area (Å²) < 4.78 is 35.0. The quantitative estimate of drug-likeness (QED) is 0.379. The van der Waals surface area contributed by atoms with E-state index in [9.17, 15) is 13.2 Å². The molecule has 0 saturated heterocycles. The lowest BCUT2D eigenvalue weighted by atomic mass is 10.1. The molecule has 7 nitrogen and oxygen atoms in total. The first-order valence-electron chi connectivity index (χ1n) is 10.9. The Bertz CT molecular complexity index is 1390. The molecule has 1 aromatic heterocycles. The van der Waals surface area contributed by atoms with Gasteiger partial charge in [0.15, 0.2) is 0 Å². The van der Waals surface area contributed by atoms with Crippen LogP contribution in [0.4, 0.5) is 5.69 Å². The number of para-hydroxylation sites is 3. The van der Waals surface area contributed by atoms with Crippen molar-refractivity contribution in [3.63, 3.8) is 0 Å². The molecular weight excluding hydrogens is 450 g/mol. The normalized spacial score (nSPS) is 12.3. The maximum absolute atomic E-state index is 13.4. The Morgan fingerprint density at radius 1 is 0.941 bits per heavy atom. The molecule has 0 aliphatic rings. The molecule has 0 aliphatic carbocycles. The third kappa shape index (κ3) is 5.41. The number of fused-ring (bicyclic) bond motifs is 1. The highest BCUT2D eigenvalue weighted by molar-refractivity contribution is 7.89. The second-order valence-corrected chi connectivity index (χ2v) is 9.30. The largest absolute Gasteiger partial charge is 0.492 e. The standard InChI is InChI=1S/C26H25N3O4S/c1-2-33-23-15-7-6-14-21(23)28-26(30)22(18-19-10-4-3-5-11-19)29-34(31,32)24-16-8-12-20-13-9-17-27-25(20)24/h3-17,22,29H,2,18H2,1H3,(H,28,30)/t22-/m1/s1. The van der Waals surface area contributed by atoms with Crippen LogP contribution in [-0.4, -0.2) is 32.0 Å². The molecule has 4 aromatic rings. The Balaban J connectivity index is 1.67. The van der Waals surface area contributed by atoms with Gasteiger partial charge in [-0.15, -0.1) is 0 Å². The topological polar surface area (TPSA) is 97.4 Å². The van der Waals surface area contributed by atoms with E-state index in [-0.39, 0.29) is 11.3 Å². The van der Waals surface area contributed by atoms with E-state index in [1.165, 1.54) is 6.07 Å². The third-order valence-corrected chi connectivity index (χ3v) is 6.73. The van der Waals surface area contributed by atoms with Crippen LogP contribution in [0, 0.1) is 0 Å². The zero-order valence-corrected chi connectivity index (χ0v) is 19.5. The number of anilines is 1. The van der Waals surface area contributed by atoms with Gasteiger partial charge in [0.2, 0.25) is 15.9 Å². The van der Waals surface area contributed by atoms with Crippen LogP contribution in [0.5, 0.6) is 5.75 Å². The summed E-state index contributed by atoms with van der Waals surface area (Å²) in [6.45, 7) is 2.28. The minimum Gasteiger partial charge on any atom is -0.492 e. The van der Waals surface area contributed by atoms with Crippen LogP contribution < -0.4 is 14.8 Å². The molecule has 0 aliphatic heterocycles. The second kappa shape index (κ2) is 10.5. The fraction of sp³-hybridized carbons (Fsp3) is 0.154. The first-order valence-corrected chi connectivity index (χ1v) is 12.4. The van der Waals surface area contributed by atoms with E-state index >= 15 is 0 Å². The van der Waals surface area contributed by atoms with Crippen molar-refractivity contribution in [2.75, 3.05) is 11.9 Å². The lowest BCUT2D eigenvalue weighted by molar-refractivity contribution is -0.117. The Labute approximate surface area is 198 Å². The van der Waals surface area contributed by atoms with Gasteiger partial charge in [0.1, 0.15) is 16.7 Å². The van der Waals surface area contributed by atoms with E-state index in [0.717, 1.165) is 5.56 Å². The minimum atomic E-state index is -4.07. The lowest BCUT2D eigenvalue weighted by Gasteiger charge is -2.20. The van der Waals surface area contributed by atoms with Crippen LogP contribution in [0.2, 0.25) is 0 Å². The van der Waals surface area contributed by atoms with Crippen LogP contribution in [0.25, 0.3) is 10.9 Å². The van der Waals surface area contributed by atoms with Gasteiger partial charge in [-0.1, -0.05) is 60.7 Å². The van der Waals surface area contributed by atoms with Gasteiger partial charge in [-0.05, 0) is 43.2 Å². The first kappa shape index (κ1) is 23.4. The SMILES string of the molecule is CCOc1ccccc1NC(=O)[C@@H](Cc1ccccc1)NS(=O)(=O)c1cccc2cccnc12. The van der Waals surface area contributed by atoms with Crippen molar-refractivity contribution in [1.29, 1.82) is 0 Å². The molecule has 34 heavy (non-hydrogen) atoms. The van der Waals surface area contributed by atoms with Gasteiger partial charge < -0.3 is 10.1 Å². The Kier molecular flexibility index (Phi) is 7.20. The fourth-order valence-electron chi connectivity index (χ4n) is 3.65. The van der Waals surface area contributed by atoms with Crippen LogP contribution in [0.3, 0.4) is 0 Å². The zero-order valence-electron chi connectivity index (χ0n) is 18.6. The van der Waals surface area contributed by atoms with Crippen molar-refractivity contribution in [2.24, 2.45) is 0 Å². The van der Waals surface area contributed by atoms with Crippen molar-refractivity contribution in [2.45, 2.75) is 24.3 Å². The molecule has 1 heterocycles. The first-order chi connectivity index (χ1) is 16.5. The number of aromatic nitrogens is 1. The van der Waals surface area contributed by atoms with E-state index in [1.807, 2.05) is 37.3 Å². The molecule has 0 unspecified atom stereocenters. The molecule has 1 amide bonds. The molecule has 1 atom stereocenters. The van der Waals surface area contributed by atoms with Gasteiger partial charge >= 0.3 is 0 Å². The molecule has 174 valence electrons. The van der Waals surface area contributed by atoms with Crippen molar-refractivity contribution in [1.82, 2.24) is 9.71 Å². The monoisotopic (exact) mass is 475 g/mol. The van der Waals surface area contributed by atoms with Crippen molar-refractivity contribution in [3.05, 3.63) is 96.7 Å². The molecule has 0 bridgehead atoms. The van der Waals surface area contributed by atoms with Gasteiger partial charge in [-0.2, -0.15) is 4.72 Å². The summed E-state index contributed by atoms with van der Waals surface area (Å²) >= 11 is 0. The van der Waals surface area contributed by atoms with Gasteiger partial charge in [0, 0.05) is 11.6 Å². The van der Waals surface area contributed by atoms with Crippen molar-refractivity contribution < 1.29 is 17.9 Å². The zero-order chi connectivity index (χ0) is 24.0. The average molecular weight is 476 g/mol. The number of rotatable bonds is 9. The highest BCUT2D eigenvalue weighted by atomic mass is 32.2. The number of nitrogens with zero attached hydrogens (tertiary/aromatic N) is 1. The highest BCUT2D eigenvalue weighted by Gasteiger charge is 2.28. The third-order valence-electron chi connectivity index (χ3n) is 5.23. The number of hydrogen-bond donors (Lipinski definition) is 2. The fourth-order valence-corrected chi connectivity index (χ4v) is 5.03. The van der Waals surface area contributed by atoms with Gasteiger partial charge in [-0.25, -0.2) is 8.42 Å². The van der Waals surface area contributed by atoms with Crippen molar-refractivity contribution in [3.8, 4) is 5.75 Å². The molecule has 0 saturated carbocycles. The average Bonchev–Trinajstić information content (AvgIpc) is 2.85. The summed E-state index contributed by atoms with van der Waals surface area (Å²) in [5, 5.41) is 3.51. The van der Waals surface area contributed by atoms with Gasteiger partial charge in [0.25, 0.3) is 0 Å². The molecule has 0 radical (unpaired) electrons. The molecule has 2 N–H and O–H groups in total. The van der Waals surface area contributed by atoms with Crippen molar-refractivity contribution >= 4 is 32.5 Å². The minimum absolute atomic E-state index is 0.0196. The summed E-state index contributed by atoms with van der Waals surface area (Å²) in [4.78, 5) is 17.6. The Morgan fingerprint density at radius 3 is 2.47 bits per heavy atom. The highest BCUT2D eigenvalue weighted by Crippen LogP contribution is 2.25. The lowest BCUT2D eigenvalue weighted by Crippen LogP contribution is -2.45. The summed E-state index contributed by atoms with van der Waals surface area (Å²) in [5.41, 5.74) is 1.64. The molecule has 8 heteroatoms. The summed E-state index contributed by atoms with van der Waals surface area (Å²) in [6, 6.07) is 23.7. The van der Waals surface area contributed by atoms with E-state index in [0.29, 0.717) is 28.9 Å². The second-order valence-electron chi connectivity index (χ2n) is 7.61. The maximum Gasteiger partial charge on any atom is 0.243 e.